The Kier molecular flexibility index (Phi) is 5.52. The first-order chi connectivity index (χ1) is 9.25. The second-order valence-electron chi connectivity index (χ2n) is 5.65. The van der Waals surface area contributed by atoms with Gasteiger partial charge < -0.3 is 4.74 Å². The van der Waals surface area contributed by atoms with E-state index in [2.05, 4.69) is 5.92 Å². The van der Waals surface area contributed by atoms with Crippen LogP contribution in [-0.2, 0) is 15.5 Å². The molecule has 2 unspecified atom stereocenters. The molecule has 0 saturated heterocycles. The van der Waals surface area contributed by atoms with Gasteiger partial charge in [0.1, 0.15) is 6.10 Å². The van der Waals surface area contributed by atoms with Gasteiger partial charge in [0.2, 0.25) is 0 Å². The first kappa shape index (κ1) is 16.5. The Morgan fingerprint density at radius 3 is 2.30 bits per heavy atom. The fourth-order valence-corrected chi connectivity index (χ4v) is 2.13. The standard InChI is InChI=1S/C16H20O3S/c1-6-7-14(16(2,3)4)19-15(17)12-8-10-13(11-9-12)20(5)18/h1,8-11,14H,7H2,2-5H3. The van der Waals surface area contributed by atoms with E-state index in [0.29, 0.717) is 16.9 Å². The lowest BCUT2D eigenvalue weighted by Crippen LogP contribution is -2.31. The maximum atomic E-state index is 12.1. The highest BCUT2D eigenvalue weighted by Crippen LogP contribution is 2.25. The summed E-state index contributed by atoms with van der Waals surface area (Å²) in [4.78, 5) is 12.8. The summed E-state index contributed by atoms with van der Waals surface area (Å²) >= 11 is 0. The third kappa shape index (κ3) is 4.50. The number of carbonyl (C=O) groups is 1. The summed E-state index contributed by atoms with van der Waals surface area (Å²) in [5.74, 6) is 2.13. The molecule has 2 atom stereocenters. The van der Waals surface area contributed by atoms with Gasteiger partial charge in [0, 0.05) is 28.4 Å². The van der Waals surface area contributed by atoms with E-state index >= 15 is 0 Å². The van der Waals surface area contributed by atoms with Crippen LogP contribution in [0.2, 0.25) is 0 Å². The molecule has 0 amide bonds. The summed E-state index contributed by atoms with van der Waals surface area (Å²) in [6, 6.07) is 6.57. The molecule has 0 aromatic heterocycles. The Hall–Kier alpha value is -1.60. The molecule has 3 nitrogen and oxygen atoms in total. The molecule has 1 aromatic rings. The monoisotopic (exact) mass is 292 g/mol. The molecule has 0 aliphatic rings. The van der Waals surface area contributed by atoms with Crippen molar-refractivity contribution in [3.63, 3.8) is 0 Å². The first-order valence-electron chi connectivity index (χ1n) is 6.33. The van der Waals surface area contributed by atoms with E-state index in [4.69, 9.17) is 11.2 Å². The minimum atomic E-state index is -1.06. The van der Waals surface area contributed by atoms with Crippen molar-refractivity contribution in [2.24, 2.45) is 5.41 Å². The summed E-state index contributed by atoms with van der Waals surface area (Å²) in [6.45, 7) is 5.93. The Balaban J connectivity index is 2.84. The highest BCUT2D eigenvalue weighted by Gasteiger charge is 2.28. The number of terminal acetylenes is 1. The predicted octanol–water partition coefficient (Wildman–Crippen LogP) is 3.02. The SMILES string of the molecule is C#CCC(OC(=O)c1ccc(S(C)=O)cc1)C(C)(C)C. The van der Waals surface area contributed by atoms with E-state index in [1.165, 1.54) is 0 Å². The molecule has 0 aliphatic carbocycles. The largest absolute Gasteiger partial charge is 0.457 e. The van der Waals surface area contributed by atoms with Crippen LogP contribution in [0.1, 0.15) is 37.6 Å². The van der Waals surface area contributed by atoms with E-state index in [1.54, 1.807) is 30.5 Å². The maximum absolute atomic E-state index is 12.1. The van der Waals surface area contributed by atoms with E-state index in [0.717, 1.165) is 0 Å². The first-order valence-corrected chi connectivity index (χ1v) is 7.89. The molecule has 0 heterocycles. The molecule has 0 radical (unpaired) electrons. The van der Waals surface area contributed by atoms with Crippen molar-refractivity contribution in [1.82, 2.24) is 0 Å². The van der Waals surface area contributed by atoms with E-state index in [1.807, 2.05) is 20.8 Å². The van der Waals surface area contributed by atoms with Crippen LogP contribution in [0.25, 0.3) is 0 Å². The molecule has 108 valence electrons. The van der Waals surface area contributed by atoms with Crippen molar-refractivity contribution in [2.75, 3.05) is 6.26 Å². The molecule has 4 heteroatoms. The smallest absolute Gasteiger partial charge is 0.338 e. The van der Waals surface area contributed by atoms with Crippen LogP contribution in [0, 0.1) is 17.8 Å². The van der Waals surface area contributed by atoms with Crippen LogP contribution < -0.4 is 0 Å². The Morgan fingerprint density at radius 1 is 1.35 bits per heavy atom. The molecule has 0 saturated carbocycles. The van der Waals surface area contributed by atoms with Gasteiger partial charge >= 0.3 is 5.97 Å². The van der Waals surface area contributed by atoms with Crippen LogP contribution in [-0.4, -0.2) is 22.5 Å². The van der Waals surface area contributed by atoms with Gasteiger partial charge in [0.15, 0.2) is 0 Å². The van der Waals surface area contributed by atoms with E-state index in [9.17, 15) is 9.00 Å². The molecule has 1 rings (SSSR count). The fraction of sp³-hybridized carbons (Fsp3) is 0.438. The summed E-state index contributed by atoms with van der Waals surface area (Å²) in [7, 11) is -1.06. The van der Waals surface area contributed by atoms with E-state index < -0.39 is 16.8 Å². The molecule has 20 heavy (non-hydrogen) atoms. The molecular weight excluding hydrogens is 272 g/mol. The number of benzene rings is 1. The van der Waals surface area contributed by atoms with Crippen molar-refractivity contribution in [1.29, 1.82) is 0 Å². The Bertz CT molecular complexity index is 532. The van der Waals surface area contributed by atoms with Gasteiger partial charge in [-0.25, -0.2) is 4.79 Å². The lowest BCUT2D eigenvalue weighted by atomic mass is 9.87. The average Bonchev–Trinajstić information content (AvgIpc) is 2.37. The van der Waals surface area contributed by atoms with Crippen molar-refractivity contribution in [3.8, 4) is 12.3 Å². The minimum absolute atomic E-state index is 0.215. The van der Waals surface area contributed by atoms with Crippen molar-refractivity contribution >= 4 is 16.8 Å². The predicted molar refractivity (Wildman–Crippen MR) is 80.9 cm³/mol. The Labute approximate surface area is 123 Å². The number of hydrogen-bond acceptors (Lipinski definition) is 3. The topological polar surface area (TPSA) is 43.4 Å². The lowest BCUT2D eigenvalue weighted by Gasteiger charge is -2.28. The second-order valence-corrected chi connectivity index (χ2v) is 7.03. The zero-order valence-electron chi connectivity index (χ0n) is 12.3. The average molecular weight is 292 g/mol. The zero-order chi connectivity index (χ0) is 15.3. The van der Waals surface area contributed by atoms with Gasteiger partial charge in [-0.1, -0.05) is 20.8 Å². The minimum Gasteiger partial charge on any atom is -0.457 e. The second kappa shape index (κ2) is 6.71. The fourth-order valence-electron chi connectivity index (χ4n) is 1.61. The highest BCUT2D eigenvalue weighted by molar-refractivity contribution is 7.84. The molecule has 0 N–H and O–H groups in total. The Morgan fingerprint density at radius 2 is 1.90 bits per heavy atom. The molecule has 1 aromatic carbocycles. The van der Waals surface area contributed by atoms with Gasteiger partial charge in [0.25, 0.3) is 0 Å². The number of ether oxygens (including phenoxy) is 1. The number of hydrogen-bond donors (Lipinski definition) is 0. The van der Waals surface area contributed by atoms with Crippen LogP contribution in [0.15, 0.2) is 29.2 Å². The van der Waals surface area contributed by atoms with Crippen molar-refractivity contribution in [2.45, 2.75) is 38.2 Å². The summed E-state index contributed by atoms with van der Waals surface area (Å²) in [5, 5.41) is 0. The summed E-state index contributed by atoms with van der Waals surface area (Å²) in [5.41, 5.74) is 0.220. The van der Waals surface area contributed by atoms with E-state index in [-0.39, 0.29) is 11.5 Å². The van der Waals surface area contributed by atoms with Gasteiger partial charge in [-0.2, -0.15) is 0 Å². The molecule has 0 fully saturated rings. The number of esters is 1. The van der Waals surface area contributed by atoms with Crippen LogP contribution in [0.5, 0.6) is 0 Å². The number of carbonyl (C=O) groups excluding carboxylic acids is 1. The molecular formula is C16H20O3S. The third-order valence-corrected chi connectivity index (χ3v) is 3.88. The maximum Gasteiger partial charge on any atom is 0.338 e. The van der Waals surface area contributed by atoms with Crippen LogP contribution in [0.4, 0.5) is 0 Å². The summed E-state index contributed by atoms with van der Waals surface area (Å²) < 4.78 is 16.8. The van der Waals surface area contributed by atoms with Gasteiger partial charge in [0.05, 0.1) is 5.56 Å². The molecule has 0 aliphatic heterocycles. The van der Waals surface area contributed by atoms with Gasteiger partial charge in [-0.15, -0.1) is 12.3 Å². The molecule has 0 spiro atoms. The summed E-state index contributed by atoms with van der Waals surface area (Å²) in [6.07, 6.45) is 6.96. The van der Waals surface area contributed by atoms with Crippen LogP contribution >= 0.6 is 0 Å². The van der Waals surface area contributed by atoms with Crippen molar-refractivity contribution in [3.05, 3.63) is 29.8 Å². The van der Waals surface area contributed by atoms with Crippen molar-refractivity contribution < 1.29 is 13.7 Å². The number of rotatable bonds is 4. The highest BCUT2D eigenvalue weighted by atomic mass is 32.2. The normalized spacial score (nSPS) is 14.2. The van der Waals surface area contributed by atoms with Gasteiger partial charge in [-0.3, -0.25) is 4.21 Å². The quantitative estimate of drug-likeness (QED) is 0.633. The lowest BCUT2D eigenvalue weighted by molar-refractivity contribution is -0.000548. The zero-order valence-corrected chi connectivity index (χ0v) is 13.1. The third-order valence-electron chi connectivity index (χ3n) is 2.94. The molecule has 0 bridgehead atoms. The van der Waals surface area contributed by atoms with Gasteiger partial charge in [-0.05, 0) is 29.7 Å². The van der Waals surface area contributed by atoms with Crippen LogP contribution in [0.3, 0.4) is 0 Å².